The number of methoxy groups -OCH3 is 1. The minimum Gasteiger partial charge on any atom is -0.497 e. The molecule has 0 bridgehead atoms. The van der Waals surface area contributed by atoms with E-state index in [-0.39, 0.29) is 24.3 Å². The Hall–Kier alpha value is -4.27. The van der Waals surface area contributed by atoms with Gasteiger partial charge in [0.15, 0.2) is 5.52 Å². The van der Waals surface area contributed by atoms with Crippen molar-refractivity contribution in [3.63, 3.8) is 0 Å². The van der Waals surface area contributed by atoms with E-state index in [4.69, 9.17) is 4.74 Å². The van der Waals surface area contributed by atoms with Crippen LogP contribution in [0.4, 0.5) is 5.69 Å². The van der Waals surface area contributed by atoms with Crippen molar-refractivity contribution in [1.29, 1.82) is 0 Å². The van der Waals surface area contributed by atoms with E-state index in [1.807, 2.05) is 0 Å². The summed E-state index contributed by atoms with van der Waals surface area (Å²) in [5.74, 6) is 0.666. The number of nitro benzene ring substituents is 1. The van der Waals surface area contributed by atoms with Crippen molar-refractivity contribution >= 4 is 16.7 Å². The zero-order chi connectivity index (χ0) is 22.0. The summed E-state index contributed by atoms with van der Waals surface area (Å²) >= 11 is 0. The first kappa shape index (κ1) is 20.0. The zero-order valence-corrected chi connectivity index (χ0v) is 16.6. The van der Waals surface area contributed by atoms with Gasteiger partial charge in [0.2, 0.25) is 0 Å². The third-order valence-electron chi connectivity index (χ3n) is 4.95. The van der Waals surface area contributed by atoms with E-state index in [0.717, 1.165) is 10.1 Å². The van der Waals surface area contributed by atoms with Crippen LogP contribution in [0.25, 0.3) is 11.0 Å². The van der Waals surface area contributed by atoms with Crippen molar-refractivity contribution in [3.05, 3.63) is 109 Å². The van der Waals surface area contributed by atoms with Gasteiger partial charge < -0.3 is 4.74 Å². The Morgan fingerprint density at radius 2 is 1.71 bits per heavy atom. The molecule has 0 saturated carbocycles. The highest BCUT2D eigenvalue weighted by atomic mass is 16.6. The van der Waals surface area contributed by atoms with Crippen LogP contribution in [0.5, 0.6) is 5.75 Å². The predicted octanol–water partition coefficient (Wildman–Crippen LogP) is 2.57. The molecule has 0 aliphatic carbocycles. The molecule has 0 radical (unpaired) electrons. The number of pyridine rings is 1. The fraction of sp³-hybridized carbons (Fsp3) is 0.136. The number of nitrogens with zero attached hydrogens (tertiary/aromatic N) is 4. The second-order valence-corrected chi connectivity index (χ2v) is 6.91. The molecule has 31 heavy (non-hydrogen) atoms. The van der Waals surface area contributed by atoms with E-state index < -0.39 is 16.2 Å². The van der Waals surface area contributed by atoms with E-state index in [1.165, 1.54) is 22.9 Å². The molecule has 2 aromatic heterocycles. The Bertz CT molecular complexity index is 1390. The number of fused-ring (bicyclic) bond motifs is 1. The fourth-order valence-corrected chi connectivity index (χ4v) is 3.40. The standard InChI is InChI=1S/C22H18N4O5/c1-31-18-9-7-15(8-10-18)13-25-21(27)20-19(6-3-11-23-20)24(22(25)28)14-16-4-2-5-17(12-16)26(29)30/h2-12H,13-14H2,1H3. The molecule has 0 fully saturated rings. The van der Waals surface area contributed by atoms with Gasteiger partial charge in [0.05, 0.1) is 30.6 Å². The number of ether oxygens (including phenoxy) is 1. The SMILES string of the molecule is COc1ccc(Cn2c(=O)c3ncccc3n(Cc3cccc([N+](=O)[O-])c3)c2=O)cc1. The van der Waals surface area contributed by atoms with E-state index in [2.05, 4.69) is 4.98 Å². The molecule has 2 aromatic carbocycles. The average molecular weight is 418 g/mol. The van der Waals surface area contributed by atoms with Gasteiger partial charge in [0, 0.05) is 18.3 Å². The maximum Gasteiger partial charge on any atom is 0.332 e. The lowest BCUT2D eigenvalue weighted by molar-refractivity contribution is -0.384. The normalized spacial score (nSPS) is 10.9. The van der Waals surface area contributed by atoms with Crippen molar-refractivity contribution in [3.8, 4) is 5.75 Å². The number of aromatic nitrogens is 3. The second kappa shape index (κ2) is 8.23. The monoisotopic (exact) mass is 418 g/mol. The highest BCUT2D eigenvalue weighted by Gasteiger charge is 2.15. The van der Waals surface area contributed by atoms with Crippen LogP contribution in [-0.2, 0) is 13.1 Å². The Morgan fingerprint density at radius 3 is 2.42 bits per heavy atom. The predicted molar refractivity (Wildman–Crippen MR) is 115 cm³/mol. The van der Waals surface area contributed by atoms with Gasteiger partial charge in [-0.2, -0.15) is 0 Å². The molecule has 0 aliphatic rings. The summed E-state index contributed by atoms with van der Waals surface area (Å²) in [5, 5.41) is 11.1. The topological polar surface area (TPSA) is 109 Å². The lowest BCUT2D eigenvalue weighted by Gasteiger charge is -2.14. The molecule has 0 unspecified atom stereocenters. The van der Waals surface area contributed by atoms with Crippen LogP contribution in [0.3, 0.4) is 0 Å². The molecule has 4 aromatic rings. The Morgan fingerprint density at radius 1 is 0.968 bits per heavy atom. The van der Waals surface area contributed by atoms with E-state index >= 15 is 0 Å². The number of nitro groups is 1. The van der Waals surface area contributed by atoms with E-state index in [1.54, 1.807) is 55.6 Å². The van der Waals surface area contributed by atoms with Gasteiger partial charge in [-0.25, -0.2) is 9.78 Å². The lowest BCUT2D eigenvalue weighted by atomic mass is 10.2. The van der Waals surface area contributed by atoms with Gasteiger partial charge in [0.25, 0.3) is 11.2 Å². The molecule has 9 heteroatoms. The lowest BCUT2D eigenvalue weighted by Crippen LogP contribution is -2.40. The summed E-state index contributed by atoms with van der Waals surface area (Å²) in [6.07, 6.45) is 1.49. The number of benzene rings is 2. The quantitative estimate of drug-likeness (QED) is 0.352. The van der Waals surface area contributed by atoms with Gasteiger partial charge in [0.1, 0.15) is 5.75 Å². The summed E-state index contributed by atoms with van der Waals surface area (Å²) in [4.78, 5) is 41.1. The number of rotatable bonds is 6. The first-order valence-electron chi connectivity index (χ1n) is 9.42. The van der Waals surface area contributed by atoms with Crippen molar-refractivity contribution in [2.45, 2.75) is 13.1 Å². The molecular weight excluding hydrogens is 400 g/mol. The van der Waals surface area contributed by atoms with Gasteiger partial charge >= 0.3 is 5.69 Å². The number of hydrogen-bond donors (Lipinski definition) is 0. The molecule has 0 atom stereocenters. The third-order valence-corrected chi connectivity index (χ3v) is 4.95. The Labute approximate surface area is 175 Å². The molecular formula is C22H18N4O5. The van der Waals surface area contributed by atoms with Crippen molar-refractivity contribution in [2.75, 3.05) is 7.11 Å². The van der Waals surface area contributed by atoms with Crippen LogP contribution in [0, 0.1) is 10.1 Å². The Balaban J connectivity index is 1.84. The average Bonchev–Trinajstić information content (AvgIpc) is 2.80. The van der Waals surface area contributed by atoms with Crippen molar-refractivity contribution in [1.82, 2.24) is 14.1 Å². The second-order valence-electron chi connectivity index (χ2n) is 6.91. The van der Waals surface area contributed by atoms with Gasteiger partial charge in [-0.15, -0.1) is 0 Å². The summed E-state index contributed by atoms with van der Waals surface area (Å²) < 4.78 is 7.67. The minimum atomic E-state index is -0.521. The molecule has 4 rings (SSSR count). The van der Waals surface area contributed by atoms with Gasteiger partial charge in [-0.1, -0.05) is 24.3 Å². The molecule has 0 spiro atoms. The van der Waals surface area contributed by atoms with Crippen LogP contribution in [0.15, 0.2) is 76.4 Å². The number of non-ortho nitro benzene ring substituents is 1. The van der Waals surface area contributed by atoms with Crippen LogP contribution >= 0.6 is 0 Å². The molecule has 156 valence electrons. The highest BCUT2D eigenvalue weighted by Crippen LogP contribution is 2.16. The highest BCUT2D eigenvalue weighted by molar-refractivity contribution is 5.73. The van der Waals surface area contributed by atoms with Crippen LogP contribution < -0.4 is 16.0 Å². The maximum atomic E-state index is 13.3. The van der Waals surface area contributed by atoms with Crippen LogP contribution in [0.1, 0.15) is 11.1 Å². The van der Waals surface area contributed by atoms with E-state index in [0.29, 0.717) is 16.8 Å². The Kier molecular flexibility index (Phi) is 5.31. The smallest absolute Gasteiger partial charge is 0.332 e. The summed E-state index contributed by atoms with van der Waals surface area (Å²) in [5.41, 5.74) is 0.753. The summed E-state index contributed by atoms with van der Waals surface area (Å²) in [6.45, 7) is 0.120. The first-order chi connectivity index (χ1) is 15.0. The molecule has 0 aliphatic heterocycles. The van der Waals surface area contributed by atoms with Gasteiger partial charge in [-0.3, -0.25) is 24.0 Å². The van der Waals surface area contributed by atoms with Crippen LogP contribution in [-0.4, -0.2) is 26.2 Å². The van der Waals surface area contributed by atoms with Crippen molar-refractivity contribution < 1.29 is 9.66 Å². The molecule has 9 nitrogen and oxygen atoms in total. The molecule has 0 amide bonds. The minimum absolute atomic E-state index is 0.0586. The van der Waals surface area contributed by atoms with Crippen molar-refractivity contribution in [2.24, 2.45) is 0 Å². The third kappa shape index (κ3) is 3.93. The molecule has 0 saturated heterocycles. The van der Waals surface area contributed by atoms with Gasteiger partial charge in [-0.05, 0) is 35.4 Å². The van der Waals surface area contributed by atoms with Crippen LogP contribution in [0.2, 0.25) is 0 Å². The summed E-state index contributed by atoms with van der Waals surface area (Å²) in [6, 6.07) is 16.4. The first-order valence-corrected chi connectivity index (χ1v) is 9.42. The zero-order valence-electron chi connectivity index (χ0n) is 16.6. The maximum absolute atomic E-state index is 13.3. The number of hydrogen-bond acceptors (Lipinski definition) is 6. The fourth-order valence-electron chi connectivity index (χ4n) is 3.40. The van der Waals surface area contributed by atoms with E-state index in [9.17, 15) is 19.7 Å². The summed E-state index contributed by atoms with van der Waals surface area (Å²) in [7, 11) is 1.56. The molecule has 2 heterocycles. The largest absolute Gasteiger partial charge is 0.497 e. The molecule has 0 N–H and O–H groups in total.